The number of hydrogen-bond acceptors (Lipinski definition) is 2. The van der Waals surface area contributed by atoms with E-state index in [-0.39, 0.29) is 10.0 Å². The fourth-order valence-electron chi connectivity index (χ4n) is 2.33. The number of benzene rings is 2. The molecule has 2 nitrogen and oxygen atoms in total. The molecule has 0 unspecified atom stereocenters. The minimum absolute atomic E-state index is 0.279. The molecule has 0 aliphatic heterocycles. The Hall–Kier alpha value is -0.870. The Labute approximate surface area is 174 Å². The average Bonchev–Trinajstić information content (AvgIpc) is 2.55. The van der Waals surface area contributed by atoms with Gasteiger partial charge in [-0.2, -0.15) is 0 Å². The fourth-order valence-corrected chi connectivity index (χ4v) is 3.78. The molecule has 0 bridgehead atoms. The zero-order valence-electron chi connectivity index (χ0n) is 12.3. The highest BCUT2D eigenvalue weighted by molar-refractivity contribution is 6.47. The molecule has 128 valence electrons. The van der Waals surface area contributed by atoms with E-state index in [1.54, 1.807) is 36.4 Å². The molecule has 0 aliphatic rings. The summed E-state index contributed by atoms with van der Waals surface area (Å²) in [7, 11) is 0. The maximum Gasteiger partial charge on any atom is 0.0760 e. The molecule has 3 rings (SSSR count). The van der Waals surface area contributed by atoms with Crippen molar-refractivity contribution in [2.75, 3.05) is 5.73 Å². The van der Waals surface area contributed by atoms with Crippen LogP contribution in [0.3, 0.4) is 0 Å². The molecular weight excluding hydrogens is 445 g/mol. The number of hydrogen-bond donors (Lipinski definition) is 1. The van der Waals surface area contributed by atoms with Crippen LogP contribution in [0.4, 0.5) is 5.69 Å². The quantitative estimate of drug-likeness (QED) is 0.401. The standard InChI is InChI=1S/C17H8Cl6N2/c18-8-1-3-10(20)16(22)14(8)12-5-7(24)6-13(25-12)15-9(19)2-4-11(21)17(15)23/h1-6H,(H2,24,25). The van der Waals surface area contributed by atoms with Gasteiger partial charge in [0.1, 0.15) is 0 Å². The van der Waals surface area contributed by atoms with Crippen molar-refractivity contribution in [3.8, 4) is 22.5 Å². The van der Waals surface area contributed by atoms with Gasteiger partial charge < -0.3 is 5.73 Å². The Morgan fingerprint density at radius 1 is 0.600 bits per heavy atom. The molecule has 0 spiro atoms. The molecule has 0 saturated heterocycles. The van der Waals surface area contributed by atoms with Crippen LogP contribution in [0.15, 0.2) is 36.4 Å². The Morgan fingerprint density at radius 3 is 1.36 bits per heavy atom. The Bertz CT molecular complexity index is 912. The zero-order valence-corrected chi connectivity index (χ0v) is 16.8. The van der Waals surface area contributed by atoms with Gasteiger partial charge in [-0.3, -0.25) is 0 Å². The van der Waals surface area contributed by atoms with Crippen LogP contribution in [0.2, 0.25) is 30.1 Å². The molecule has 8 heteroatoms. The van der Waals surface area contributed by atoms with Gasteiger partial charge >= 0.3 is 0 Å². The molecule has 0 saturated carbocycles. The summed E-state index contributed by atoms with van der Waals surface area (Å²) >= 11 is 37.3. The normalized spacial score (nSPS) is 11.0. The molecular formula is C17H8Cl6N2. The lowest BCUT2D eigenvalue weighted by Crippen LogP contribution is -1.96. The first-order valence-electron chi connectivity index (χ1n) is 6.85. The Balaban J connectivity index is 2.29. The second kappa shape index (κ2) is 7.40. The number of rotatable bonds is 2. The van der Waals surface area contributed by atoms with Gasteiger partial charge in [0, 0.05) is 16.8 Å². The summed E-state index contributed by atoms with van der Waals surface area (Å²) in [5, 5.41) is 2.04. The average molecular weight is 453 g/mol. The van der Waals surface area contributed by atoms with Crippen LogP contribution in [-0.2, 0) is 0 Å². The van der Waals surface area contributed by atoms with E-state index in [4.69, 9.17) is 75.3 Å². The van der Waals surface area contributed by atoms with Gasteiger partial charge in [0.2, 0.25) is 0 Å². The smallest absolute Gasteiger partial charge is 0.0760 e. The fraction of sp³-hybridized carbons (Fsp3) is 0. The van der Waals surface area contributed by atoms with Crippen LogP contribution in [0.5, 0.6) is 0 Å². The Morgan fingerprint density at radius 2 is 0.960 bits per heavy atom. The predicted molar refractivity (Wildman–Crippen MR) is 110 cm³/mol. The number of anilines is 1. The third-order valence-corrected chi connectivity index (χ3v) is 5.69. The molecule has 2 aromatic carbocycles. The van der Waals surface area contributed by atoms with Gasteiger partial charge in [0.05, 0.1) is 41.5 Å². The van der Waals surface area contributed by atoms with Gasteiger partial charge in [-0.15, -0.1) is 0 Å². The van der Waals surface area contributed by atoms with Crippen LogP contribution in [0.1, 0.15) is 0 Å². The number of halogens is 6. The third-order valence-electron chi connectivity index (χ3n) is 3.45. The van der Waals surface area contributed by atoms with Gasteiger partial charge in [-0.05, 0) is 36.4 Å². The van der Waals surface area contributed by atoms with Crippen LogP contribution in [0, 0.1) is 0 Å². The molecule has 0 atom stereocenters. The van der Waals surface area contributed by atoms with E-state index in [1.807, 2.05) is 0 Å². The third kappa shape index (κ3) is 3.66. The summed E-state index contributed by atoms with van der Waals surface area (Å²) in [5.41, 5.74) is 8.29. The van der Waals surface area contributed by atoms with Crippen LogP contribution >= 0.6 is 69.6 Å². The van der Waals surface area contributed by atoms with E-state index in [1.165, 1.54) is 0 Å². The second-order valence-corrected chi connectivity index (χ2v) is 7.49. The summed E-state index contributed by atoms with van der Waals surface area (Å²) in [4.78, 5) is 4.56. The van der Waals surface area contributed by atoms with Crippen LogP contribution in [0.25, 0.3) is 22.5 Å². The summed E-state index contributed by atoms with van der Waals surface area (Å²) < 4.78 is 0. The van der Waals surface area contributed by atoms with Crippen molar-refractivity contribution in [1.82, 2.24) is 4.98 Å². The van der Waals surface area contributed by atoms with E-state index in [0.717, 1.165) is 0 Å². The van der Waals surface area contributed by atoms with Gasteiger partial charge in [0.25, 0.3) is 0 Å². The first-order valence-corrected chi connectivity index (χ1v) is 9.11. The number of nitrogens with two attached hydrogens (primary N) is 1. The molecule has 25 heavy (non-hydrogen) atoms. The highest BCUT2D eigenvalue weighted by atomic mass is 35.5. The molecule has 0 amide bonds. The second-order valence-electron chi connectivity index (χ2n) is 5.11. The topological polar surface area (TPSA) is 38.9 Å². The molecule has 2 N–H and O–H groups in total. The molecule has 0 fully saturated rings. The van der Waals surface area contributed by atoms with Crippen LogP contribution in [-0.4, -0.2) is 4.98 Å². The van der Waals surface area contributed by atoms with Crippen molar-refractivity contribution in [2.24, 2.45) is 0 Å². The first-order chi connectivity index (χ1) is 11.8. The van der Waals surface area contributed by atoms with Crippen molar-refractivity contribution >= 4 is 75.3 Å². The van der Waals surface area contributed by atoms with E-state index < -0.39 is 0 Å². The number of aromatic nitrogens is 1. The molecule has 0 aliphatic carbocycles. The first kappa shape index (κ1) is 18.9. The SMILES string of the molecule is Nc1cc(-c2c(Cl)ccc(Cl)c2Cl)nc(-c2c(Cl)ccc(Cl)c2Cl)c1. The molecule has 1 aromatic heterocycles. The summed E-state index contributed by atoms with van der Waals surface area (Å²) in [6, 6.07) is 9.75. The molecule has 1 heterocycles. The van der Waals surface area contributed by atoms with E-state index >= 15 is 0 Å². The summed E-state index contributed by atoms with van der Waals surface area (Å²) in [6.45, 7) is 0. The lowest BCUT2D eigenvalue weighted by molar-refractivity contribution is 1.32. The van der Waals surface area contributed by atoms with Gasteiger partial charge in [-0.25, -0.2) is 4.98 Å². The van der Waals surface area contributed by atoms with E-state index in [2.05, 4.69) is 4.98 Å². The highest BCUT2D eigenvalue weighted by Gasteiger charge is 2.18. The lowest BCUT2D eigenvalue weighted by Gasteiger charge is -2.13. The summed E-state index contributed by atoms with van der Waals surface area (Å²) in [5.74, 6) is 0. The Kier molecular flexibility index (Phi) is 5.60. The van der Waals surface area contributed by atoms with Crippen molar-refractivity contribution < 1.29 is 0 Å². The van der Waals surface area contributed by atoms with Gasteiger partial charge in [0.15, 0.2) is 0 Å². The number of pyridine rings is 1. The minimum atomic E-state index is 0.279. The number of nitrogens with zero attached hydrogens (tertiary/aromatic N) is 1. The minimum Gasteiger partial charge on any atom is -0.399 e. The highest BCUT2D eigenvalue weighted by Crippen LogP contribution is 2.42. The van der Waals surface area contributed by atoms with E-state index in [0.29, 0.717) is 48.3 Å². The predicted octanol–water partition coefficient (Wildman–Crippen LogP) is 7.92. The number of nitrogen functional groups attached to an aromatic ring is 1. The van der Waals surface area contributed by atoms with Crippen molar-refractivity contribution in [1.29, 1.82) is 0 Å². The van der Waals surface area contributed by atoms with Crippen molar-refractivity contribution in [3.63, 3.8) is 0 Å². The molecule has 3 aromatic rings. The van der Waals surface area contributed by atoms with Crippen molar-refractivity contribution in [2.45, 2.75) is 0 Å². The largest absolute Gasteiger partial charge is 0.399 e. The molecule has 0 radical (unpaired) electrons. The van der Waals surface area contributed by atoms with E-state index in [9.17, 15) is 0 Å². The zero-order chi connectivity index (χ0) is 18.3. The summed E-state index contributed by atoms with van der Waals surface area (Å²) in [6.07, 6.45) is 0. The van der Waals surface area contributed by atoms with Crippen LogP contribution < -0.4 is 5.73 Å². The maximum atomic E-state index is 6.30. The monoisotopic (exact) mass is 450 g/mol. The lowest BCUT2D eigenvalue weighted by atomic mass is 10.1. The van der Waals surface area contributed by atoms with Crippen molar-refractivity contribution in [3.05, 3.63) is 66.5 Å². The maximum absolute atomic E-state index is 6.30. The van der Waals surface area contributed by atoms with Gasteiger partial charge in [-0.1, -0.05) is 69.6 Å².